The van der Waals surface area contributed by atoms with Crippen molar-refractivity contribution in [2.24, 2.45) is 0 Å². The van der Waals surface area contributed by atoms with Crippen LogP contribution in [0.5, 0.6) is 11.5 Å². The fraction of sp³-hybridized carbons (Fsp3) is 0.143. The molecule has 3 rings (SSSR count). The van der Waals surface area contributed by atoms with Crippen LogP contribution in [-0.4, -0.2) is 29.4 Å². The second-order valence-corrected chi connectivity index (χ2v) is 5.74. The fourth-order valence-corrected chi connectivity index (χ4v) is 2.44. The summed E-state index contributed by atoms with van der Waals surface area (Å²) in [6.07, 6.45) is 2.50. The van der Waals surface area contributed by atoms with Gasteiger partial charge in [-0.1, -0.05) is 24.3 Å². The van der Waals surface area contributed by atoms with Crippen LogP contribution in [0, 0.1) is 0 Å². The number of amides is 1. The number of likely N-dealkylation sites (N-methyl/N-ethyl adjacent to an activating group) is 1. The van der Waals surface area contributed by atoms with Gasteiger partial charge in [0.1, 0.15) is 11.5 Å². The van der Waals surface area contributed by atoms with Crippen molar-refractivity contribution < 1.29 is 9.53 Å². The fourth-order valence-electron chi connectivity index (χ4n) is 2.44. The maximum Gasteiger partial charge on any atom is 0.253 e. The zero-order valence-corrected chi connectivity index (χ0v) is 14.1. The summed E-state index contributed by atoms with van der Waals surface area (Å²) >= 11 is 0. The van der Waals surface area contributed by atoms with Gasteiger partial charge in [0.15, 0.2) is 0 Å². The van der Waals surface area contributed by atoms with Crippen molar-refractivity contribution in [1.29, 1.82) is 0 Å². The molecule has 0 bridgehead atoms. The van der Waals surface area contributed by atoms with E-state index in [4.69, 9.17) is 4.74 Å². The van der Waals surface area contributed by atoms with E-state index in [0.717, 1.165) is 17.9 Å². The molecule has 4 heteroatoms. The van der Waals surface area contributed by atoms with Crippen LogP contribution in [0.4, 0.5) is 0 Å². The van der Waals surface area contributed by atoms with Gasteiger partial charge >= 0.3 is 0 Å². The Morgan fingerprint density at radius 1 is 0.920 bits per heavy atom. The maximum absolute atomic E-state index is 12.5. The maximum atomic E-state index is 12.5. The molecule has 0 aliphatic heterocycles. The van der Waals surface area contributed by atoms with Gasteiger partial charge in [0.2, 0.25) is 0 Å². The van der Waals surface area contributed by atoms with Crippen LogP contribution in [-0.2, 0) is 6.42 Å². The molecule has 0 radical (unpaired) electrons. The molecule has 0 N–H and O–H groups in total. The predicted octanol–water partition coefficient (Wildman–Crippen LogP) is 4.19. The average molecular weight is 332 g/mol. The first-order chi connectivity index (χ1) is 12.2. The van der Waals surface area contributed by atoms with Gasteiger partial charge in [-0.15, -0.1) is 0 Å². The summed E-state index contributed by atoms with van der Waals surface area (Å²) < 4.78 is 5.75. The van der Waals surface area contributed by atoms with E-state index in [0.29, 0.717) is 17.9 Å². The summed E-state index contributed by atoms with van der Waals surface area (Å²) in [4.78, 5) is 18.5. The molecule has 25 heavy (non-hydrogen) atoms. The lowest BCUT2D eigenvalue weighted by atomic mass is 10.2. The molecule has 0 spiro atoms. The van der Waals surface area contributed by atoms with E-state index < -0.39 is 0 Å². The number of hydrogen-bond donors (Lipinski definition) is 0. The standard InChI is InChI=1S/C21H20N2O2/c1-23(16-14-18-7-5-6-15-22-18)21(24)17-10-12-20(13-11-17)25-19-8-3-2-4-9-19/h2-13,15H,14,16H2,1H3. The Hall–Kier alpha value is -3.14. The zero-order valence-electron chi connectivity index (χ0n) is 14.1. The van der Waals surface area contributed by atoms with E-state index in [1.165, 1.54) is 0 Å². The highest BCUT2D eigenvalue weighted by atomic mass is 16.5. The van der Waals surface area contributed by atoms with Gasteiger partial charge < -0.3 is 9.64 Å². The number of nitrogens with zero attached hydrogens (tertiary/aromatic N) is 2. The van der Waals surface area contributed by atoms with E-state index >= 15 is 0 Å². The largest absolute Gasteiger partial charge is 0.457 e. The number of hydrogen-bond acceptors (Lipinski definition) is 3. The predicted molar refractivity (Wildman–Crippen MR) is 97.9 cm³/mol. The summed E-state index contributed by atoms with van der Waals surface area (Å²) in [5.74, 6) is 1.47. The molecule has 126 valence electrons. The number of carbonyl (C=O) groups is 1. The first-order valence-corrected chi connectivity index (χ1v) is 8.21. The lowest BCUT2D eigenvalue weighted by molar-refractivity contribution is 0.0796. The summed E-state index contributed by atoms with van der Waals surface area (Å²) in [6.45, 7) is 0.623. The highest BCUT2D eigenvalue weighted by Crippen LogP contribution is 2.21. The number of pyridine rings is 1. The molecule has 0 aliphatic carbocycles. The van der Waals surface area contributed by atoms with Crippen LogP contribution in [0.1, 0.15) is 16.1 Å². The molecule has 2 aromatic carbocycles. The molecule has 1 heterocycles. The lowest BCUT2D eigenvalue weighted by Gasteiger charge is -2.17. The topological polar surface area (TPSA) is 42.4 Å². The molecule has 0 saturated carbocycles. The first-order valence-electron chi connectivity index (χ1n) is 8.21. The van der Waals surface area contributed by atoms with Gasteiger partial charge in [0.25, 0.3) is 5.91 Å². The SMILES string of the molecule is CN(CCc1ccccn1)C(=O)c1ccc(Oc2ccccc2)cc1. The normalized spacial score (nSPS) is 10.3. The minimum Gasteiger partial charge on any atom is -0.457 e. The monoisotopic (exact) mass is 332 g/mol. The van der Waals surface area contributed by atoms with Crippen LogP contribution in [0.25, 0.3) is 0 Å². The van der Waals surface area contributed by atoms with Gasteiger partial charge in [0.05, 0.1) is 0 Å². The van der Waals surface area contributed by atoms with Crippen molar-refractivity contribution in [2.45, 2.75) is 6.42 Å². The number of aromatic nitrogens is 1. The molecule has 0 aliphatic rings. The van der Waals surface area contributed by atoms with Crippen molar-refractivity contribution in [3.8, 4) is 11.5 Å². The summed E-state index contributed by atoms with van der Waals surface area (Å²) in [6, 6.07) is 22.6. The van der Waals surface area contributed by atoms with E-state index in [1.807, 2.05) is 60.7 Å². The highest BCUT2D eigenvalue weighted by molar-refractivity contribution is 5.94. The Morgan fingerprint density at radius 3 is 2.28 bits per heavy atom. The molecule has 0 fully saturated rings. The zero-order chi connectivity index (χ0) is 17.5. The summed E-state index contributed by atoms with van der Waals surface area (Å²) in [7, 11) is 1.81. The molecule has 1 amide bonds. The minimum absolute atomic E-state index is 0.0119. The van der Waals surface area contributed by atoms with Crippen molar-refractivity contribution in [2.75, 3.05) is 13.6 Å². The van der Waals surface area contributed by atoms with Crippen molar-refractivity contribution in [3.63, 3.8) is 0 Å². The Morgan fingerprint density at radius 2 is 1.60 bits per heavy atom. The quantitative estimate of drug-likeness (QED) is 0.680. The van der Waals surface area contributed by atoms with Crippen LogP contribution < -0.4 is 4.74 Å². The van der Waals surface area contributed by atoms with E-state index in [9.17, 15) is 4.79 Å². The smallest absolute Gasteiger partial charge is 0.253 e. The number of para-hydroxylation sites is 1. The van der Waals surface area contributed by atoms with Crippen molar-refractivity contribution in [1.82, 2.24) is 9.88 Å². The third-order valence-electron chi connectivity index (χ3n) is 3.86. The molecule has 1 aromatic heterocycles. The Kier molecular flexibility index (Phi) is 5.42. The van der Waals surface area contributed by atoms with Gasteiger partial charge in [0, 0.05) is 37.5 Å². The summed E-state index contributed by atoms with van der Waals surface area (Å²) in [5, 5.41) is 0. The Labute approximate surface area is 147 Å². The second-order valence-electron chi connectivity index (χ2n) is 5.74. The highest BCUT2D eigenvalue weighted by Gasteiger charge is 2.12. The average Bonchev–Trinajstić information content (AvgIpc) is 2.68. The third-order valence-corrected chi connectivity index (χ3v) is 3.86. The van der Waals surface area contributed by atoms with Gasteiger partial charge in [-0.2, -0.15) is 0 Å². The van der Waals surface area contributed by atoms with Gasteiger partial charge in [-0.05, 0) is 48.5 Å². The van der Waals surface area contributed by atoms with E-state index in [1.54, 1.807) is 30.3 Å². The van der Waals surface area contributed by atoms with Gasteiger partial charge in [-0.25, -0.2) is 0 Å². The Bertz CT molecular complexity index is 802. The lowest BCUT2D eigenvalue weighted by Crippen LogP contribution is -2.28. The molecule has 4 nitrogen and oxygen atoms in total. The summed E-state index contributed by atoms with van der Waals surface area (Å²) in [5.41, 5.74) is 1.62. The number of ether oxygens (including phenoxy) is 1. The molecule has 0 unspecified atom stereocenters. The molecule has 0 saturated heterocycles. The van der Waals surface area contributed by atoms with E-state index in [2.05, 4.69) is 4.98 Å². The molecular weight excluding hydrogens is 312 g/mol. The molecular formula is C21H20N2O2. The van der Waals surface area contributed by atoms with Crippen LogP contribution in [0.3, 0.4) is 0 Å². The van der Waals surface area contributed by atoms with Gasteiger partial charge in [-0.3, -0.25) is 9.78 Å². The first kappa shape index (κ1) is 16.7. The minimum atomic E-state index is -0.0119. The van der Waals surface area contributed by atoms with Crippen molar-refractivity contribution in [3.05, 3.63) is 90.3 Å². The van der Waals surface area contributed by atoms with Crippen LogP contribution in [0.15, 0.2) is 79.0 Å². The third kappa shape index (κ3) is 4.67. The second kappa shape index (κ2) is 8.11. The number of rotatable bonds is 6. The van der Waals surface area contributed by atoms with Crippen LogP contribution in [0.2, 0.25) is 0 Å². The number of carbonyl (C=O) groups excluding carboxylic acids is 1. The number of benzene rings is 2. The molecule has 3 aromatic rings. The Balaban J connectivity index is 1.58. The molecule has 0 atom stereocenters. The van der Waals surface area contributed by atoms with Crippen molar-refractivity contribution >= 4 is 5.91 Å². The van der Waals surface area contributed by atoms with E-state index in [-0.39, 0.29) is 5.91 Å². The van der Waals surface area contributed by atoms with Crippen LogP contribution >= 0.6 is 0 Å².